The van der Waals surface area contributed by atoms with Gasteiger partial charge in [-0.15, -0.1) is 0 Å². The van der Waals surface area contributed by atoms with Crippen molar-refractivity contribution in [2.45, 2.75) is 19.9 Å². The molecule has 0 atom stereocenters. The van der Waals surface area contributed by atoms with Crippen molar-refractivity contribution in [3.63, 3.8) is 0 Å². The highest BCUT2D eigenvalue weighted by molar-refractivity contribution is 9.10. The standard InChI is InChI=1S/C15H17BrN2O3/c1-4-8-18-13(11(16)9-17-18)14(19)10-6-5-7-12(20-2)15(10)21-3/h5-7,9H,4,8H2,1-3H3. The van der Waals surface area contributed by atoms with Crippen LogP contribution in [-0.4, -0.2) is 29.8 Å². The first-order valence-electron chi connectivity index (χ1n) is 6.61. The molecule has 0 spiro atoms. The van der Waals surface area contributed by atoms with Gasteiger partial charge in [0, 0.05) is 6.54 Å². The Morgan fingerprint density at radius 3 is 2.71 bits per heavy atom. The highest BCUT2D eigenvalue weighted by atomic mass is 79.9. The molecule has 1 aromatic heterocycles. The van der Waals surface area contributed by atoms with Gasteiger partial charge in [-0.1, -0.05) is 13.0 Å². The molecule has 1 heterocycles. The predicted octanol–water partition coefficient (Wildman–Crippen LogP) is 3.30. The number of rotatable bonds is 6. The van der Waals surface area contributed by atoms with Gasteiger partial charge in [-0.05, 0) is 34.5 Å². The van der Waals surface area contributed by atoms with Crippen molar-refractivity contribution in [2.75, 3.05) is 14.2 Å². The van der Waals surface area contributed by atoms with Crippen molar-refractivity contribution in [1.29, 1.82) is 0 Å². The van der Waals surface area contributed by atoms with Crippen LogP contribution in [0.3, 0.4) is 0 Å². The summed E-state index contributed by atoms with van der Waals surface area (Å²) >= 11 is 3.39. The number of halogens is 1. The van der Waals surface area contributed by atoms with E-state index in [0.29, 0.717) is 33.8 Å². The Morgan fingerprint density at radius 2 is 2.10 bits per heavy atom. The van der Waals surface area contributed by atoms with E-state index < -0.39 is 0 Å². The molecular formula is C15H17BrN2O3. The second kappa shape index (κ2) is 6.76. The maximum Gasteiger partial charge on any atom is 0.216 e. The second-order valence-corrected chi connectivity index (χ2v) is 5.29. The van der Waals surface area contributed by atoms with Crippen molar-refractivity contribution in [1.82, 2.24) is 9.78 Å². The molecule has 0 bridgehead atoms. The van der Waals surface area contributed by atoms with Crippen LogP contribution in [-0.2, 0) is 6.54 Å². The highest BCUT2D eigenvalue weighted by Gasteiger charge is 2.23. The average Bonchev–Trinajstić information content (AvgIpc) is 2.86. The summed E-state index contributed by atoms with van der Waals surface area (Å²) in [5, 5.41) is 4.23. The fourth-order valence-corrected chi connectivity index (χ4v) is 2.64. The van der Waals surface area contributed by atoms with E-state index in [4.69, 9.17) is 9.47 Å². The number of aromatic nitrogens is 2. The van der Waals surface area contributed by atoms with Gasteiger partial charge in [0.05, 0.1) is 30.5 Å². The minimum absolute atomic E-state index is 0.149. The molecule has 6 heteroatoms. The molecule has 0 aliphatic carbocycles. The van der Waals surface area contributed by atoms with Gasteiger partial charge in [-0.3, -0.25) is 9.48 Å². The molecule has 5 nitrogen and oxygen atoms in total. The molecule has 0 saturated carbocycles. The van der Waals surface area contributed by atoms with Crippen LogP contribution in [0.25, 0.3) is 0 Å². The summed E-state index contributed by atoms with van der Waals surface area (Å²) in [5.74, 6) is 0.811. The number of ether oxygens (including phenoxy) is 2. The van der Waals surface area contributed by atoms with E-state index in [0.717, 1.165) is 6.42 Å². The molecule has 0 N–H and O–H groups in total. The van der Waals surface area contributed by atoms with E-state index in [-0.39, 0.29) is 5.78 Å². The van der Waals surface area contributed by atoms with Gasteiger partial charge in [0.15, 0.2) is 11.5 Å². The SMILES string of the molecule is CCCn1ncc(Br)c1C(=O)c1cccc(OC)c1OC. The molecule has 0 aliphatic heterocycles. The van der Waals surface area contributed by atoms with Crippen molar-refractivity contribution in [3.8, 4) is 11.5 Å². The Morgan fingerprint density at radius 1 is 1.33 bits per heavy atom. The summed E-state index contributed by atoms with van der Waals surface area (Å²) in [6.07, 6.45) is 2.53. The minimum atomic E-state index is -0.149. The van der Waals surface area contributed by atoms with Gasteiger partial charge in [0.1, 0.15) is 5.69 Å². The number of methoxy groups -OCH3 is 2. The molecule has 2 rings (SSSR count). The quantitative estimate of drug-likeness (QED) is 0.748. The first-order chi connectivity index (χ1) is 10.1. The van der Waals surface area contributed by atoms with Crippen molar-refractivity contribution in [2.24, 2.45) is 0 Å². The van der Waals surface area contributed by atoms with E-state index >= 15 is 0 Å². The van der Waals surface area contributed by atoms with E-state index in [9.17, 15) is 4.79 Å². The molecular weight excluding hydrogens is 336 g/mol. The summed E-state index contributed by atoms with van der Waals surface area (Å²) in [6.45, 7) is 2.72. The van der Waals surface area contributed by atoms with Gasteiger partial charge in [0.25, 0.3) is 0 Å². The Labute approximate surface area is 132 Å². The van der Waals surface area contributed by atoms with Gasteiger partial charge in [-0.2, -0.15) is 5.10 Å². The Kier molecular flexibility index (Phi) is 5.01. The maximum absolute atomic E-state index is 12.8. The summed E-state index contributed by atoms with van der Waals surface area (Å²) in [7, 11) is 3.07. The van der Waals surface area contributed by atoms with Gasteiger partial charge >= 0.3 is 0 Å². The van der Waals surface area contributed by atoms with Crippen LogP contribution in [0.2, 0.25) is 0 Å². The van der Waals surface area contributed by atoms with Crippen LogP contribution in [0, 0.1) is 0 Å². The number of para-hydroxylation sites is 1. The Bertz CT molecular complexity index is 652. The fourth-order valence-electron chi connectivity index (χ4n) is 2.16. The number of hydrogen-bond donors (Lipinski definition) is 0. The molecule has 21 heavy (non-hydrogen) atoms. The summed E-state index contributed by atoms with van der Waals surface area (Å²) in [5.41, 5.74) is 0.971. The molecule has 0 radical (unpaired) electrons. The van der Waals surface area contributed by atoms with E-state index in [2.05, 4.69) is 21.0 Å². The molecule has 0 aliphatic rings. The van der Waals surface area contributed by atoms with E-state index in [1.54, 1.807) is 36.2 Å². The summed E-state index contributed by atoms with van der Waals surface area (Å²) in [6, 6.07) is 5.25. The monoisotopic (exact) mass is 352 g/mol. The number of ketones is 1. The van der Waals surface area contributed by atoms with Gasteiger partial charge in [-0.25, -0.2) is 0 Å². The molecule has 0 unspecified atom stereocenters. The number of aryl methyl sites for hydroxylation is 1. The molecule has 1 aromatic carbocycles. The van der Waals surface area contributed by atoms with Crippen LogP contribution in [0.1, 0.15) is 29.4 Å². The zero-order chi connectivity index (χ0) is 15.4. The lowest BCUT2D eigenvalue weighted by molar-refractivity contribution is 0.102. The number of carbonyl (C=O) groups excluding carboxylic acids is 1. The second-order valence-electron chi connectivity index (χ2n) is 4.43. The van der Waals surface area contributed by atoms with Crippen molar-refractivity contribution in [3.05, 3.63) is 40.1 Å². The van der Waals surface area contributed by atoms with Crippen LogP contribution in [0.5, 0.6) is 11.5 Å². The largest absolute Gasteiger partial charge is 0.493 e. The molecule has 0 saturated heterocycles. The average molecular weight is 353 g/mol. The Balaban J connectivity index is 2.53. The third-order valence-corrected chi connectivity index (χ3v) is 3.67. The first-order valence-corrected chi connectivity index (χ1v) is 7.40. The van der Waals surface area contributed by atoms with Crippen molar-refractivity contribution < 1.29 is 14.3 Å². The number of carbonyl (C=O) groups is 1. The maximum atomic E-state index is 12.8. The minimum Gasteiger partial charge on any atom is -0.493 e. The van der Waals surface area contributed by atoms with Crippen LogP contribution in [0.15, 0.2) is 28.9 Å². The molecule has 2 aromatic rings. The Hall–Kier alpha value is -1.82. The van der Waals surface area contributed by atoms with Crippen LogP contribution in [0.4, 0.5) is 0 Å². The van der Waals surface area contributed by atoms with E-state index in [1.807, 2.05) is 6.92 Å². The van der Waals surface area contributed by atoms with Crippen molar-refractivity contribution >= 4 is 21.7 Å². The number of benzene rings is 1. The molecule has 0 amide bonds. The fraction of sp³-hybridized carbons (Fsp3) is 0.333. The molecule has 0 fully saturated rings. The zero-order valence-electron chi connectivity index (χ0n) is 12.2. The van der Waals surface area contributed by atoms with Crippen LogP contribution < -0.4 is 9.47 Å². The predicted molar refractivity (Wildman–Crippen MR) is 83.2 cm³/mol. The summed E-state index contributed by atoms with van der Waals surface area (Å²) < 4.78 is 12.9. The topological polar surface area (TPSA) is 53.4 Å². The zero-order valence-corrected chi connectivity index (χ0v) is 13.8. The lowest BCUT2D eigenvalue weighted by Crippen LogP contribution is -2.13. The molecule has 112 valence electrons. The normalized spacial score (nSPS) is 10.5. The van der Waals surface area contributed by atoms with E-state index in [1.165, 1.54) is 7.11 Å². The van der Waals surface area contributed by atoms with Gasteiger partial charge in [0.2, 0.25) is 5.78 Å². The van der Waals surface area contributed by atoms with Gasteiger partial charge < -0.3 is 9.47 Å². The lowest BCUT2D eigenvalue weighted by Gasteiger charge is -2.12. The first kappa shape index (κ1) is 15.6. The third-order valence-electron chi connectivity index (χ3n) is 3.09. The van der Waals surface area contributed by atoms with Crippen LogP contribution >= 0.6 is 15.9 Å². The highest BCUT2D eigenvalue weighted by Crippen LogP contribution is 2.33. The lowest BCUT2D eigenvalue weighted by atomic mass is 10.1. The smallest absolute Gasteiger partial charge is 0.216 e. The number of hydrogen-bond acceptors (Lipinski definition) is 4. The number of nitrogens with zero attached hydrogens (tertiary/aromatic N) is 2. The third kappa shape index (κ3) is 2.95. The summed E-state index contributed by atoms with van der Waals surface area (Å²) in [4.78, 5) is 12.8.